The Morgan fingerprint density at radius 3 is 2.65 bits per heavy atom. The maximum atomic E-state index is 12.1. The lowest BCUT2D eigenvalue weighted by molar-refractivity contribution is -0.156. The number of rotatable bonds is 2. The van der Waals surface area contributed by atoms with Crippen molar-refractivity contribution in [3.05, 3.63) is 40.5 Å². The van der Waals surface area contributed by atoms with E-state index in [1.165, 1.54) is 0 Å². The highest BCUT2D eigenvalue weighted by Crippen LogP contribution is 2.25. The molecule has 0 bridgehead atoms. The van der Waals surface area contributed by atoms with Crippen LogP contribution >= 0.6 is 15.9 Å². The third-order valence-corrected chi connectivity index (χ3v) is 3.37. The van der Waals surface area contributed by atoms with Crippen molar-refractivity contribution in [2.24, 2.45) is 0 Å². The summed E-state index contributed by atoms with van der Waals surface area (Å²) in [5.74, 6) is -0.502. The van der Waals surface area contributed by atoms with Crippen molar-refractivity contribution in [3.8, 4) is 0 Å². The molecule has 4 heteroatoms. The van der Waals surface area contributed by atoms with Crippen LogP contribution in [0.15, 0.2) is 34.9 Å². The molecule has 1 atom stereocenters. The molecule has 0 aliphatic carbocycles. The van der Waals surface area contributed by atoms with E-state index in [0.29, 0.717) is 0 Å². The average Bonchev–Trinajstić information content (AvgIpc) is 2.34. The van der Waals surface area contributed by atoms with Gasteiger partial charge < -0.3 is 4.74 Å². The van der Waals surface area contributed by atoms with Gasteiger partial charge in [-0.05, 0) is 67.4 Å². The van der Waals surface area contributed by atoms with Crippen molar-refractivity contribution in [2.45, 2.75) is 39.2 Å². The van der Waals surface area contributed by atoms with E-state index < -0.39 is 5.60 Å². The van der Waals surface area contributed by atoms with Gasteiger partial charge in [-0.15, -0.1) is 0 Å². The van der Waals surface area contributed by atoms with Crippen LogP contribution in [0.5, 0.6) is 0 Å². The lowest BCUT2D eigenvalue weighted by atomic mass is 9.99. The minimum absolute atomic E-state index is 0.209. The highest BCUT2D eigenvalue weighted by molar-refractivity contribution is 9.10. The van der Waals surface area contributed by atoms with E-state index in [1.54, 1.807) is 6.20 Å². The van der Waals surface area contributed by atoms with Crippen LogP contribution in [-0.2, 0) is 9.53 Å². The summed E-state index contributed by atoms with van der Waals surface area (Å²) in [5, 5.41) is 1.01. The molecular formula is C16H18BrNO2. The summed E-state index contributed by atoms with van der Waals surface area (Å²) in [6.07, 6.45) is 1.76. The first kappa shape index (κ1) is 15.0. The standard InChI is InChI=1S/C16H18BrNO2/c1-10(15(19)20-16(2,3)4)11-5-6-14-12(7-11)8-13(17)9-18-14/h5-10H,1-4H3. The van der Waals surface area contributed by atoms with Gasteiger partial charge in [-0.3, -0.25) is 9.78 Å². The highest BCUT2D eigenvalue weighted by Gasteiger charge is 2.23. The van der Waals surface area contributed by atoms with E-state index >= 15 is 0 Å². The van der Waals surface area contributed by atoms with Crippen molar-refractivity contribution in [1.29, 1.82) is 0 Å². The third kappa shape index (κ3) is 3.57. The van der Waals surface area contributed by atoms with Crippen LogP contribution in [0.25, 0.3) is 10.9 Å². The van der Waals surface area contributed by atoms with Crippen molar-refractivity contribution in [3.63, 3.8) is 0 Å². The quantitative estimate of drug-likeness (QED) is 0.761. The van der Waals surface area contributed by atoms with Crippen molar-refractivity contribution >= 4 is 32.8 Å². The number of halogens is 1. The van der Waals surface area contributed by atoms with E-state index in [1.807, 2.05) is 52.0 Å². The van der Waals surface area contributed by atoms with Gasteiger partial charge in [0.25, 0.3) is 0 Å². The zero-order chi connectivity index (χ0) is 14.9. The predicted octanol–water partition coefficient (Wildman–Crippen LogP) is 4.44. The molecule has 3 nitrogen and oxygen atoms in total. The largest absolute Gasteiger partial charge is 0.460 e. The molecule has 2 aromatic rings. The number of ether oxygens (including phenoxy) is 1. The molecule has 0 N–H and O–H groups in total. The molecule has 0 saturated heterocycles. The Kier molecular flexibility index (Phi) is 4.14. The molecule has 0 spiro atoms. The molecule has 106 valence electrons. The Bertz CT molecular complexity index is 646. The first-order chi connectivity index (χ1) is 9.26. The Labute approximate surface area is 127 Å². The van der Waals surface area contributed by atoms with Crippen LogP contribution in [0.1, 0.15) is 39.2 Å². The minimum Gasteiger partial charge on any atom is -0.460 e. The zero-order valence-corrected chi connectivity index (χ0v) is 13.7. The molecule has 1 unspecified atom stereocenters. The van der Waals surface area contributed by atoms with Crippen LogP contribution in [0.2, 0.25) is 0 Å². The molecular weight excluding hydrogens is 318 g/mol. The highest BCUT2D eigenvalue weighted by atomic mass is 79.9. The number of nitrogens with zero attached hydrogens (tertiary/aromatic N) is 1. The summed E-state index contributed by atoms with van der Waals surface area (Å²) in [6.45, 7) is 7.48. The lowest BCUT2D eigenvalue weighted by Gasteiger charge is -2.22. The maximum Gasteiger partial charge on any atom is 0.313 e. The summed E-state index contributed by atoms with van der Waals surface area (Å²) >= 11 is 3.41. The van der Waals surface area contributed by atoms with Gasteiger partial charge in [0, 0.05) is 16.1 Å². The number of carbonyl (C=O) groups is 1. The SMILES string of the molecule is CC(C(=O)OC(C)(C)C)c1ccc2ncc(Br)cc2c1. The summed E-state index contributed by atoms with van der Waals surface area (Å²) in [7, 11) is 0. The smallest absolute Gasteiger partial charge is 0.313 e. The van der Waals surface area contributed by atoms with Gasteiger partial charge in [0.1, 0.15) is 5.60 Å². The molecule has 2 rings (SSSR count). The first-order valence-electron chi connectivity index (χ1n) is 6.54. The molecule has 20 heavy (non-hydrogen) atoms. The van der Waals surface area contributed by atoms with Gasteiger partial charge in [0.05, 0.1) is 11.4 Å². The molecule has 0 saturated carbocycles. The second-order valence-corrected chi connectivity index (χ2v) is 6.78. The number of aromatic nitrogens is 1. The number of fused-ring (bicyclic) bond motifs is 1. The van der Waals surface area contributed by atoms with E-state index in [9.17, 15) is 4.79 Å². The van der Waals surface area contributed by atoms with Crippen LogP contribution in [0.4, 0.5) is 0 Å². The third-order valence-electron chi connectivity index (χ3n) is 2.93. The van der Waals surface area contributed by atoms with Crippen molar-refractivity contribution in [1.82, 2.24) is 4.98 Å². The van der Waals surface area contributed by atoms with Crippen LogP contribution in [-0.4, -0.2) is 16.6 Å². The van der Waals surface area contributed by atoms with E-state index in [4.69, 9.17) is 4.74 Å². The number of pyridine rings is 1. The number of esters is 1. The average molecular weight is 336 g/mol. The van der Waals surface area contributed by atoms with Crippen LogP contribution in [0, 0.1) is 0 Å². The fraction of sp³-hybridized carbons (Fsp3) is 0.375. The Morgan fingerprint density at radius 2 is 2.00 bits per heavy atom. The number of hydrogen-bond donors (Lipinski definition) is 0. The van der Waals surface area contributed by atoms with Gasteiger partial charge in [-0.2, -0.15) is 0 Å². The predicted molar refractivity (Wildman–Crippen MR) is 83.7 cm³/mol. The Balaban J connectivity index is 2.30. The molecule has 1 aromatic heterocycles. The van der Waals surface area contributed by atoms with E-state index in [-0.39, 0.29) is 11.9 Å². The zero-order valence-electron chi connectivity index (χ0n) is 12.1. The second kappa shape index (κ2) is 5.52. The minimum atomic E-state index is -0.466. The normalized spacial score (nSPS) is 13.2. The monoisotopic (exact) mass is 335 g/mol. The van der Waals surface area contributed by atoms with E-state index in [2.05, 4.69) is 20.9 Å². The fourth-order valence-electron chi connectivity index (χ4n) is 1.92. The van der Waals surface area contributed by atoms with Gasteiger partial charge >= 0.3 is 5.97 Å². The lowest BCUT2D eigenvalue weighted by Crippen LogP contribution is -2.26. The molecule has 0 fully saturated rings. The topological polar surface area (TPSA) is 39.2 Å². The number of hydrogen-bond acceptors (Lipinski definition) is 3. The fourth-order valence-corrected chi connectivity index (χ4v) is 2.27. The molecule has 0 amide bonds. The maximum absolute atomic E-state index is 12.1. The Morgan fingerprint density at radius 1 is 1.30 bits per heavy atom. The number of carbonyl (C=O) groups excluding carboxylic acids is 1. The van der Waals surface area contributed by atoms with Crippen LogP contribution < -0.4 is 0 Å². The summed E-state index contributed by atoms with van der Waals surface area (Å²) in [6, 6.07) is 7.84. The molecule has 0 aliphatic heterocycles. The Hall–Kier alpha value is -1.42. The molecule has 1 heterocycles. The van der Waals surface area contributed by atoms with Gasteiger partial charge in [0.15, 0.2) is 0 Å². The van der Waals surface area contributed by atoms with Gasteiger partial charge in [-0.1, -0.05) is 6.07 Å². The number of benzene rings is 1. The van der Waals surface area contributed by atoms with E-state index in [0.717, 1.165) is 20.9 Å². The van der Waals surface area contributed by atoms with Crippen molar-refractivity contribution < 1.29 is 9.53 Å². The van der Waals surface area contributed by atoms with Crippen molar-refractivity contribution in [2.75, 3.05) is 0 Å². The van der Waals surface area contributed by atoms with Gasteiger partial charge in [0.2, 0.25) is 0 Å². The van der Waals surface area contributed by atoms with Crippen LogP contribution in [0.3, 0.4) is 0 Å². The summed E-state index contributed by atoms with van der Waals surface area (Å²) < 4.78 is 6.35. The van der Waals surface area contributed by atoms with Gasteiger partial charge in [-0.25, -0.2) is 0 Å². The molecule has 1 aromatic carbocycles. The second-order valence-electron chi connectivity index (χ2n) is 5.86. The summed E-state index contributed by atoms with van der Waals surface area (Å²) in [5.41, 5.74) is 1.38. The first-order valence-corrected chi connectivity index (χ1v) is 7.33. The molecule has 0 aliphatic rings. The molecule has 0 radical (unpaired) electrons. The summed E-state index contributed by atoms with van der Waals surface area (Å²) in [4.78, 5) is 16.4.